The van der Waals surface area contributed by atoms with E-state index in [1.807, 2.05) is 40.4 Å². The summed E-state index contributed by atoms with van der Waals surface area (Å²) in [6, 6.07) is 4.12. The van der Waals surface area contributed by atoms with Gasteiger partial charge in [-0.15, -0.1) is 0 Å². The predicted octanol–water partition coefficient (Wildman–Crippen LogP) is 2.63. The van der Waals surface area contributed by atoms with Gasteiger partial charge < -0.3 is 14.4 Å². The molecule has 0 aliphatic carbocycles. The van der Waals surface area contributed by atoms with Gasteiger partial charge in [-0.2, -0.15) is 0 Å². The van der Waals surface area contributed by atoms with Gasteiger partial charge in [0, 0.05) is 51.0 Å². The summed E-state index contributed by atoms with van der Waals surface area (Å²) in [5.74, 6) is 0.636. The van der Waals surface area contributed by atoms with Crippen LogP contribution in [0.15, 0.2) is 47.8 Å². The van der Waals surface area contributed by atoms with Crippen molar-refractivity contribution in [2.75, 3.05) is 26.2 Å². The van der Waals surface area contributed by atoms with Gasteiger partial charge in [0.15, 0.2) is 0 Å². The van der Waals surface area contributed by atoms with Crippen LogP contribution < -0.4 is 0 Å². The average molecular weight is 341 g/mol. The molecular formula is C20H27N3O2. The molecule has 0 saturated heterocycles. The third kappa shape index (κ3) is 4.03. The fraction of sp³-hybridized carbons (Fsp3) is 0.500. The number of nitrogens with zero attached hydrogens (tertiary/aromatic N) is 3. The van der Waals surface area contributed by atoms with Gasteiger partial charge >= 0.3 is 0 Å². The molecule has 0 N–H and O–H groups in total. The maximum absolute atomic E-state index is 12.6. The van der Waals surface area contributed by atoms with Crippen LogP contribution >= 0.6 is 0 Å². The van der Waals surface area contributed by atoms with Crippen LogP contribution in [0.25, 0.3) is 0 Å². The van der Waals surface area contributed by atoms with Gasteiger partial charge in [0.2, 0.25) is 11.8 Å². The SMILES string of the molecule is CC(C)/C=C/C(=O)N1CC2=C(C1)CN(C(=O)CC(C)n1cccc1)C2. The topological polar surface area (TPSA) is 45.6 Å². The van der Waals surface area contributed by atoms with Crippen molar-refractivity contribution in [2.45, 2.75) is 33.2 Å². The minimum atomic E-state index is 0.0715. The van der Waals surface area contributed by atoms with Crippen molar-refractivity contribution in [3.63, 3.8) is 0 Å². The van der Waals surface area contributed by atoms with Crippen LogP contribution in [0.2, 0.25) is 0 Å². The van der Waals surface area contributed by atoms with Gasteiger partial charge in [0.25, 0.3) is 0 Å². The first-order chi connectivity index (χ1) is 11.9. The number of amides is 2. The number of carbonyl (C=O) groups excluding carboxylic acids is 2. The molecule has 0 radical (unpaired) electrons. The van der Waals surface area contributed by atoms with Crippen LogP contribution in [-0.4, -0.2) is 52.4 Å². The van der Waals surface area contributed by atoms with Crippen molar-refractivity contribution in [2.24, 2.45) is 5.92 Å². The summed E-state index contributed by atoms with van der Waals surface area (Å²) < 4.78 is 2.07. The molecule has 1 aromatic heterocycles. The van der Waals surface area contributed by atoms with E-state index >= 15 is 0 Å². The third-order valence-electron chi connectivity index (χ3n) is 4.92. The lowest BCUT2D eigenvalue weighted by Gasteiger charge is -2.24. The van der Waals surface area contributed by atoms with Gasteiger partial charge in [-0.05, 0) is 42.2 Å². The molecule has 25 heavy (non-hydrogen) atoms. The Balaban J connectivity index is 1.50. The fourth-order valence-electron chi connectivity index (χ4n) is 3.42. The Morgan fingerprint density at radius 3 is 2.12 bits per heavy atom. The number of aromatic nitrogens is 1. The molecule has 2 aliphatic rings. The van der Waals surface area contributed by atoms with E-state index in [9.17, 15) is 9.59 Å². The van der Waals surface area contributed by atoms with E-state index < -0.39 is 0 Å². The second-order valence-corrected chi connectivity index (χ2v) is 7.44. The lowest BCUT2D eigenvalue weighted by atomic mass is 10.2. The van der Waals surface area contributed by atoms with Crippen molar-refractivity contribution in [3.8, 4) is 0 Å². The quantitative estimate of drug-likeness (QED) is 0.610. The van der Waals surface area contributed by atoms with E-state index in [0.29, 0.717) is 38.5 Å². The summed E-state index contributed by atoms with van der Waals surface area (Å²) in [4.78, 5) is 28.6. The molecule has 5 nitrogen and oxygen atoms in total. The molecule has 0 aromatic carbocycles. The number of hydrogen-bond acceptors (Lipinski definition) is 2. The molecule has 0 fully saturated rings. The highest BCUT2D eigenvalue weighted by atomic mass is 16.2. The van der Waals surface area contributed by atoms with Crippen LogP contribution in [-0.2, 0) is 9.59 Å². The molecule has 5 heteroatoms. The molecule has 0 bridgehead atoms. The minimum absolute atomic E-state index is 0.0715. The summed E-state index contributed by atoms with van der Waals surface area (Å²) in [7, 11) is 0. The zero-order chi connectivity index (χ0) is 18.0. The normalized spacial score (nSPS) is 18.6. The van der Waals surface area contributed by atoms with E-state index in [1.165, 1.54) is 11.1 Å². The molecule has 1 atom stereocenters. The Morgan fingerprint density at radius 1 is 1.00 bits per heavy atom. The highest BCUT2D eigenvalue weighted by Gasteiger charge is 2.33. The third-order valence-corrected chi connectivity index (χ3v) is 4.92. The van der Waals surface area contributed by atoms with E-state index in [-0.39, 0.29) is 17.9 Å². The summed E-state index contributed by atoms with van der Waals surface area (Å²) in [5, 5.41) is 0. The first kappa shape index (κ1) is 17.5. The fourth-order valence-corrected chi connectivity index (χ4v) is 3.42. The van der Waals surface area contributed by atoms with Gasteiger partial charge in [-0.3, -0.25) is 9.59 Å². The largest absolute Gasteiger partial charge is 0.351 e. The monoisotopic (exact) mass is 341 g/mol. The van der Waals surface area contributed by atoms with Crippen LogP contribution in [0.5, 0.6) is 0 Å². The van der Waals surface area contributed by atoms with Crippen LogP contribution in [0.3, 0.4) is 0 Å². The van der Waals surface area contributed by atoms with Crippen molar-refractivity contribution < 1.29 is 9.59 Å². The maximum atomic E-state index is 12.6. The molecule has 1 aromatic rings. The molecule has 134 valence electrons. The molecular weight excluding hydrogens is 314 g/mol. The van der Waals surface area contributed by atoms with Crippen molar-refractivity contribution in [1.29, 1.82) is 0 Å². The van der Waals surface area contributed by atoms with Gasteiger partial charge in [0.1, 0.15) is 0 Å². The molecule has 1 unspecified atom stereocenters. The van der Waals surface area contributed by atoms with Crippen molar-refractivity contribution in [1.82, 2.24) is 14.4 Å². The van der Waals surface area contributed by atoms with E-state index in [0.717, 1.165) is 0 Å². The Labute approximate surface area is 149 Å². The second kappa shape index (κ2) is 7.30. The van der Waals surface area contributed by atoms with E-state index in [4.69, 9.17) is 0 Å². The zero-order valence-corrected chi connectivity index (χ0v) is 15.3. The summed E-state index contributed by atoms with van der Waals surface area (Å²) in [6.45, 7) is 8.85. The maximum Gasteiger partial charge on any atom is 0.246 e. The number of allylic oxidation sites excluding steroid dienone is 1. The van der Waals surface area contributed by atoms with Gasteiger partial charge in [-0.25, -0.2) is 0 Å². The second-order valence-electron chi connectivity index (χ2n) is 7.44. The Kier molecular flexibility index (Phi) is 5.11. The highest BCUT2D eigenvalue weighted by molar-refractivity contribution is 5.88. The van der Waals surface area contributed by atoms with Crippen LogP contribution in [0.1, 0.15) is 33.2 Å². The Bertz CT molecular complexity index is 683. The highest BCUT2D eigenvalue weighted by Crippen LogP contribution is 2.27. The lowest BCUT2D eigenvalue weighted by molar-refractivity contribution is -0.130. The predicted molar refractivity (Wildman–Crippen MR) is 97.9 cm³/mol. The smallest absolute Gasteiger partial charge is 0.246 e. The Morgan fingerprint density at radius 2 is 1.56 bits per heavy atom. The number of rotatable bonds is 5. The summed E-state index contributed by atoms with van der Waals surface area (Å²) in [5.41, 5.74) is 2.49. The van der Waals surface area contributed by atoms with Gasteiger partial charge in [-0.1, -0.05) is 19.9 Å². The standard InChI is InChI=1S/C20H27N3O2/c1-15(2)6-7-19(24)22-11-17-13-23(14-18(17)12-22)20(25)10-16(3)21-8-4-5-9-21/h4-9,15-16H,10-14H2,1-3H3/b7-6+. The first-order valence-electron chi connectivity index (χ1n) is 9.01. The molecule has 0 saturated carbocycles. The van der Waals surface area contributed by atoms with Crippen LogP contribution in [0, 0.1) is 5.92 Å². The lowest BCUT2D eigenvalue weighted by Crippen LogP contribution is -2.36. The molecule has 2 aliphatic heterocycles. The van der Waals surface area contributed by atoms with E-state index in [2.05, 4.69) is 25.3 Å². The number of carbonyl (C=O) groups is 2. The minimum Gasteiger partial charge on any atom is -0.351 e. The van der Waals surface area contributed by atoms with Crippen molar-refractivity contribution >= 4 is 11.8 Å². The molecule has 3 heterocycles. The Hall–Kier alpha value is -2.30. The van der Waals surface area contributed by atoms with Crippen molar-refractivity contribution in [3.05, 3.63) is 47.8 Å². The van der Waals surface area contributed by atoms with Gasteiger partial charge in [0.05, 0.1) is 0 Å². The molecule has 3 rings (SSSR count). The summed E-state index contributed by atoms with van der Waals surface area (Å²) >= 11 is 0. The molecule has 2 amide bonds. The first-order valence-corrected chi connectivity index (χ1v) is 9.01. The number of hydrogen-bond donors (Lipinski definition) is 0. The summed E-state index contributed by atoms with van der Waals surface area (Å²) in [6.07, 6.45) is 8.11. The molecule has 0 spiro atoms. The van der Waals surface area contributed by atoms with E-state index in [1.54, 1.807) is 6.08 Å². The zero-order valence-electron chi connectivity index (χ0n) is 15.3. The van der Waals surface area contributed by atoms with Crippen LogP contribution in [0.4, 0.5) is 0 Å². The average Bonchev–Trinajstić information content (AvgIpc) is 3.26.